The third-order valence-electron chi connectivity index (χ3n) is 5.51. The van der Waals surface area contributed by atoms with Crippen molar-refractivity contribution in [2.45, 2.75) is 31.4 Å². The molecule has 0 radical (unpaired) electrons. The fraction of sp³-hybridized carbons (Fsp3) is 0.320. The number of carbonyl (C=O) groups excluding carboxylic acids is 2. The van der Waals surface area contributed by atoms with E-state index in [2.05, 4.69) is 20.9 Å². The first-order chi connectivity index (χ1) is 16.6. The van der Waals surface area contributed by atoms with Gasteiger partial charge in [0.25, 0.3) is 5.91 Å². The Hall–Kier alpha value is -3.43. The summed E-state index contributed by atoms with van der Waals surface area (Å²) in [5, 5.41) is 11.2. The second-order valence-corrected chi connectivity index (χ2v) is 8.85. The molecular formula is C25H28N4O4S. The van der Waals surface area contributed by atoms with Crippen LogP contribution in [-0.4, -0.2) is 49.2 Å². The van der Waals surface area contributed by atoms with Crippen LogP contribution in [0.15, 0.2) is 60.0 Å². The van der Waals surface area contributed by atoms with Crippen LogP contribution in [0.25, 0.3) is 0 Å². The lowest BCUT2D eigenvalue weighted by Crippen LogP contribution is -2.49. The number of aromatic nitrogens is 1. The number of ether oxygens (including phenoxy) is 2. The van der Waals surface area contributed by atoms with Gasteiger partial charge in [0.05, 0.1) is 13.2 Å². The Morgan fingerprint density at radius 1 is 1.18 bits per heavy atom. The first kappa shape index (κ1) is 23.7. The number of hydrogen-bond donors (Lipinski definition) is 3. The molecule has 2 atom stereocenters. The number of hydrogen-bond acceptors (Lipinski definition) is 7. The number of amides is 2. The molecule has 9 heteroatoms. The van der Waals surface area contributed by atoms with Crippen molar-refractivity contribution in [1.82, 2.24) is 15.6 Å². The SMILES string of the molecule is COc1ccc(Nc2nc(C(=O)NC(Cc3ccccc3)C(=O)NCC3CCCO3)cs2)cc1. The molecule has 178 valence electrons. The maximum atomic E-state index is 12.9. The van der Waals surface area contributed by atoms with E-state index in [1.54, 1.807) is 12.5 Å². The normalized spacial score (nSPS) is 16.0. The molecule has 2 amide bonds. The Balaban J connectivity index is 1.40. The number of benzene rings is 2. The smallest absolute Gasteiger partial charge is 0.271 e. The van der Waals surface area contributed by atoms with Crippen LogP contribution in [0, 0.1) is 0 Å². The summed E-state index contributed by atoms with van der Waals surface area (Å²) in [5.41, 5.74) is 2.05. The topological polar surface area (TPSA) is 102 Å². The molecule has 8 nitrogen and oxygen atoms in total. The van der Waals surface area contributed by atoms with Gasteiger partial charge in [-0.25, -0.2) is 4.98 Å². The molecule has 3 aromatic rings. The molecule has 0 spiro atoms. The largest absolute Gasteiger partial charge is 0.497 e. The first-order valence-electron chi connectivity index (χ1n) is 11.2. The predicted octanol–water partition coefficient (Wildman–Crippen LogP) is 3.53. The van der Waals surface area contributed by atoms with E-state index >= 15 is 0 Å². The van der Waals surface area contributed by atoms with Gasteiger partial charge in [0.2, 0.25) is 5.91 Å². The van der Waals surface area contributed by atoms with E-state index < -0.39 is 11.9 Å². The summed E-state index contributed by atoms with van der Waals surface area (Å²) >= 11 is 1.32. The van der Waals surface area contributed by atoms with Crippen molar-refractivity contribution in [3.05, 3.63) is 71.2 Å². The highest BCUT2D eigenvalue weighted by atomic mass is 32.1. The van der Waals surface area contributed by atoms with Crippen LogP contribution in [-0.2, 0) is 16.0 Å². The van der Waals surface area contributed by atoms with E-state index in [-0.39, 0.29) is 17.7 Å². The van der Waals surface area contributed by atoms with E-state index in [1.807, 2.05) is 54.6 Å². The Bertz CT molecular complexity index is 1080. The van der Waals surface area contributed by atoms with Crippen LogP contribution in [0.2, 0.25) is 0 Å². The molecular weight excluding hydrogens is 452 g/mol. The van der Waals surface area contributed by atoms with Gasteiger partial charge in [-0.3, -0.25) is 9.59 Å². The van der Waals surface area contributed by atoms with Crippen LogP contribution >= 0.6 is 11.3 Å². The lowest BCUT2D eigenvalue weighted by molar-refractivity contribution is -0.123. The van der Waals surface area contributed by atoms with Gasteiger partial charge in [-0.15, -0.1) is 11.3 Å². The van der Waals surface area contributed by atoms with Crippen molar-refractivity contribution in [2.24, 2.45) is 0 Å². The van der Waals surface area contributed by atoms with Crippen molar-refractivity contribution in [2.75, 3.05) is 25.6 Å². The maximum absolute atomic E-state index is 12.9. The summed E-state index contributed by atoms with van der Waals surface area (Å²) in [6.45, 7) is 1.16. The lowest BCUT2D eigenvalue weighted by atomic mass is 10.0. The van der Waals surface area contributed by atoms with Crippen LogP contribution in [0.3, 0.4) is 0 Å². The Labute approximate surface area is 202 Å². The summed E-state index contributed by atoms with van der Waals surface area (Å²) < 4.78 is 10.8. The molecule has 3 N–H and O–H groups in total. The molecule has 1 aromatic heterocycles. The second kappa shape index (κ2) is 11.6. The average molecular weight is 481 g/mol. The molecule has 1 aliphatic rings. The monoisotopic (exact) mass is 480 g/mol. The number of thiazole rings is 1. The van der Waals surface area contributed by atoms with Crippen LogP contribution in [0.1, 0.15) is 28.9 Å². The number of rotatable bonds is 10. The molecule has 2 aromatic carbocycles. The average Bonchev–Trinajstić information content (AvgIpc) is 3.56. The summed E-state index contributed by atoms with van der Waals surface area (Å²) in [6, 6.07) is 16.3. The molecule has 4 rings (SSSR count). The van der Waals surface area contributed by atoms with E-state index in [0.717, 1.165) is 36.4 Å². The van der Waals surface area contributed by atoms with Gasteiger partial charge < -0.3 is 25.4 Å². The molecule has 0 saturated carbocycles. The minimum Gasteiger partial charge on any atom is -0.497 e. The van der Waals surface area contributed by atoms with Gasteiger partial charge in [-0.1, -0.05) is 30.3 Å². The minimum atomic E-state index is -0.726. The zero-order valence-corrected chi connectivity index (χ0v) is 19.8. The van der Waals surface area contributed by atoms with Gasteiger partial charge in [-0.05, 0) is 42.7 Å². The number of carbonyl (C=O) groups is 2. The van der Waals surface area contributed by atoms with Crippen molar-refractivity contribution >= 4 is 34.0 Å². The van der Waals surface area contributed by atoms with Crippen molar-refractivity contribution in [3.63, 3.8) is 0 Å². The summed E-state index contributed by atoms with van der Waals surface area (Å²) in [4.78, 5) is 30.3. The fourth-order valence-corrected chi connectivity index (χ4v) is 4.38. The Morgan fingerprint density at radius 2 is 1.97 bits per heavy atom. The predicted molar refractivity (Wildman–Crippen MR) is 132 cm³/mol. The zero-order valence-electron chi connectivity index (χ0n) is 19.0. The number of nitrogens with one attached hydrogen (secondary N) is 3. The number of anilines is 2. The molecule has 0 aliphatic carbocycles. The Kier molecular flexibility index (Phi) is 8.11. The van der Waals surface area contributed by atoms with Gasteiger partial charge in [0, 0.05) is 30.6 Å². The van der Waals surface area contributed by atoms with Crippen molar-refractivity contribution in [1.29, 1.82) is 0 Å². The fourth-order valence-electron chi connectivity index (χ4n) is 3.67. The van der Waals surface area contributed by atoms with Crippen LogP contribution in [0.4, 0.5) is 10.8 Å². The van der Waals surface area contributed by atoms with E-state index in [9.17, 15) is 9.59 Å². The third kappa shape index (κ3) is 6.55. The summed E-state index contributed by atoms with van der Waals surface area (Å²) in [7, 11) is 1.61. The quantitative estimate of drug-likeness (QED) is 0.410. The molecule has 1 fully saturated rings. The van der Waals surface area contributed by atoms with Gasteiger partial charge >= 0.3 is 0 Å². The molecule has 1 aliphatic heterocycles. The summed E-state index contributed by atoms with van der Waals surface area (Å²) in [5.74, 6) is 0.124. The highest BCUT2D eigenvalue weighted by Crippen LogP contribution is 2.23. The van der Waals surface area contributed by atoms with Crippen LogP contribution < -0.4 is 20.7 Å². The summed E-state index contributed by atoms with van der Waals surface area (Å²) in [6.07, 6.45) is 2.34. The highest BCUT2D eigenvalue weighted by Gasteiger charge is 2.25. The van der Waals surface area contributed by atoms with E-state index in [4.69, 9.17) is 9.47 Å². The van der Waals surface area contributed by atoms with Gasteiger partial charge in [0.1, 0.15) is 17.5 Å². The van der Waals surface area contributed by atoms with Crippen LogP contribution in [0.5, 0.6) is 5.75 Å². The van der Waals surface area contributed by atoms with Crippen molar-refractivity contribution < 1.29 is 19.1 Å². The molecule has 34 heavy (non-hydrogen) atoms. The lowest BCUT2D eigenvalue weighted by Gasteiger charge is -2.19. The minimum absolute atomic E-state index is 0.0298. The molecule has 1 saturated heterocycles. The maximum Gasteiger partial charge on any atom is 0.271 e. The van der Waals surface area contributed by atoms with E-state index in [0.29, 0.717) is 18.1 Å². The number of nitrogens with zero attached hydrogens (tertiary/aromatic N) is 1. The van der Waals surface area contributed by atoms with E-state index in [1.165, 1.54) is 11.3 Å². The third-order valence-corrected chi connectivity index (χ3v) is 6.27. The van der Waals surface area contributed by atoms with Gasteiger partial charge in [-0.2, -0.15) is 0 Å². The first-order valence-corrected chi connectivity index (χ1v) is 12.1. The van der Waals surface area contributed by atoms with Gasteiger partial charge in [0.15, 0.2) is 5.13 Å². The van der Waals surface area contributed by atoms with Crippen molar-refractivity contribution in [3.8, 4) is 5.75 Å². The molecule has 2 heterocycles. The molecule has 2 unspecified atom stereocenters. The molecule has 0 bridgehead atoms. The highest BCUT2D eigenvalue weighted by molar-refractivity contribution is 7.14. The zero-order chi connectivity index (χ0) is 23.8. The Morgan fingerprint density at radius 3 is 2.68 bits per heavy atom. The standard InChI is InChI=1S/C25H28N4O4S/c1-32-19-11-9-18(10-12-19)27-25-29-22(16-34-25)24(31)28-21(14-17-6-3-2-4-7-17)23(30)26-15-20-8-5-13-33-20/h2-4,6-7,9-12,16,20-21H,5,8,13-15H2,1H3,(H,26,30)(H,27,29)(H,28,31). The second-order valence-electron chi connectivity index (χ2n) is 7.99. The number of methoxy groups -OCH3 is 1.